The summed E-state index contributed by atoms with van der Waals surface area (Å²) in [5.74, 6) is 0. The van der Waals surface area contributed by atoms with Crippen LogP contribution in [-0.4, -0.2) is 15.3 Å². The highest BCUT2D eigenvalue weighted by molar-refractivity contribution is 6.14. The zero-order valence-electron chi connectivity index (χ0n) is 34.5. The zero-order valence-corrected chi connectivity index (χ0v) is 34.5. The summed E-state index contributed by atoms with van der Waals surface area (Å²) >= 11 is 0. The molecule has 0 spiro atoms. The van der Waals surface area contributed by atoms with Gasteiger partial charge in [0.1, 0.15) is 0 Å². The fraction of sp³-hybridized carbons (Fsp3) is 0. The molecule has 296 valence electrons. The van der Waals surface area contributed by atoms with Crippen molar-refractivity contribution >= 4 is 43.9 Å². The Labute approximate surface area is 367 Å². The lowest BCUT2D eigenvalue weighted by molar-refractivity contribution is 1.18. The van der Waals surface area contributed by atoms with Crippen molar-refractivity contribution in [2.24, 2.45) is 0 Å². The van der Waals surface area contributed by atoms with Crippen molar-refractivity contribution < 1.29 is 0 Å². The number of pyridine rings is 1. The number of para-hydroxylation sites is 2. The van der Waals surface area contributed by atoms with E-state index in [9.17, 15) is 0 Å². The van der Waals surface area contributed by atoms with Crippen molar-refractivity contribution in [1.29, 1.82) is 5.41 Å². The van der Waals surface area contributed by atoms with Gasteiger partial charge in [-0.2, -0.15) is 0 Å². The minimum atomic E-state index is 0.473. The van der Waals surface area contributed by atoms with E-state index in [1.54, 1.807) is 0 Å². The largest absolute Gasteiger partial charge is 0.309 e. The molecule has 3 nitrogen and oxygen atoms in total. The van der Waals surface area contributed by atoms with Gasteiger partial charge in [0.2, 0.25) is 0 Å². The highest BCUT2D eigenvalue weighted by Gasteiger charge is 2.16. The van der Waals surface area contributed by atoms with Gasteiger partial charge in [-0.05, 0) is 110 Å². The molecule has 0 atom stereocenters. The SMILES string of the molecule is N=C(/C=C(/c1ccccc1)c1cccc2ccc(-c3cccc(-c4cc(-c5ccccc5)nc(-c5ccc(-n6c7ccccc7c7ccccc76)cc5)c4)c3)cc12)c1ccccc1. The molecule has 0 fully saturated rings. The molecule has 0 saturated carbocycles. The zero-order chi connectivity index (χ0) is 42.1. The second-order valence-electron chi connectivity index (χ2n) is 15.9. The van der Waals surface area contributed by atoms with Crippen molar-refractivity contribution in [2.45, 2.75) is 0 Å². The number of hydrogen-bond donors (Lipinski definition) is 1. The second kappa shape index (κ2) is 16.2. The van der Waals surface area contributed by atoms with Gasteiger partial charge in [0.15, 0.2) is 0 Å². The van der Waals surface area contributed by atoms with Crippen molar-refractivity contribution in [3.05, 3.63) is 259 Å². The molecule has 0 aliphatic rings. The number of fused-ring (bicyclic) bond motifs is 4. The monoisotopic (exact) mass is 803 g/mol. The van der Waals surface area contributed by atoms with Crippen LogP contribution in [0.2, 0.25) is 0 Å². The predicted octanol–water partition coefficient (Wildman–Crippen LogP) is 15.5. The van der Waals surface area contributed by atoms with Crippen LogP contribution in [0.1, 0.15) is 16.7 Å². The third-order valence-electron chi connectivity index (χ3n) is 12.1. The summed E-state index contributed by atoms with van der Waals surface area (Å²) in [5, 5.41) is 13.9. The van der Waals surface area contributed by atoms with E-state index in [2.05, 4.69) is 199 Å². The second-order valence-corrected chi connectivity index (χ2v) is 15.9. The average molecular weight is 804 g/mol. The summed E-state index contributed by atoms with van der Waals surface area (Å²) in [5.41, 5.74) is 16.5. The fourth-order valence-electron chi connectivity index (χ4n) is 8.93. The molecule has 9 aromatic carbocycles. The van der Waals surface area contributed by atoms with Crippen LogP contribution in [0.3, 0.4) is 0 Å². The molecule has 0 radical (unpaired) electrons. The fourth-order valence-corrected chi connectivity index (χ4v) is 8.93. The van der Waals surface area contributed by atoms with E-state index in [4.69, 9.17) is 10.4 Å². The van der Waals surface area contributed by atoms with Crippen molar-refractivity contribution in [3.8, 4) is 50.5 Å². The predicted molar refractivity (Wildman–Crippen MR) is 265 cm³/mol. The van der Waals surface area contributed by atoms with E-state index in [0.717, 1.165) is 83.5 Å². The van der Waals surface area contributed by atoms with Gasteiger partial charge in [-0.25, -0.2) is 4.98 Å². The van der Waals surface area contributed by atoms with E-state index in [0.29, 0.717) is 5.71 Å². The van der Waals surface area contributed by atoms with Gasteiger partial charge in [0.25, 0.3) is 0 Å². The van der Waals surface area contributed by atoms with E-state index in [1.807, 2.05) is 48.5 Å². The molecule has 1 N–H and O–H groups in total. The maximum Gasteiger partial charge on any atom is 0.0715 e. The number of nitrogens with zero attached hydrogens (tertiary/aromatic N) is 2. The quantitative estimate of drug-likeness (QED) is 0.145. The molecule has 0 unspecified atom stereocenters. The molecular weight excluding hydrogens is 763 g/mol. The maximum absolute atomic E-state index is 9.10. The highest BCUT2D eigenvalue weighted by Crippen LogP contribution is 2.37. The first kappa shape index (κ1) is 37.6. The van der Waals surface area contributed by atoms with Gasteiger partial charge in [0, 0.05) is 27.6 Å². The molecule has 63 heavy (non-hydrogen) atoms. The lowest BCUT2D eigenvalue weighted by Gasteiger charge is -2.15. The van der Waals surface area contributed by atoms with Gasteiger partial charge >= 0.3 is 0 Å². The molecule has 0 aliphatic carbocycles. The molecule has 0 saturated heterocycles. The molecule has 0 bridgehead atoms. The Bertz CT molecular complexity index is 3440. The Morgan fingerprint density at radius 1 is 0.381 bits per heavy atom. The molecule has 0 aliphatic heterocycles. The Balaban J connectivity index is 0.995. The standard InChI is InChI=1S/C60H41N3/c61-56(43-18-6-2-7-19-43)40-55(41-16-4-1-5-17-41)51-27-15-22-42-30-31-48(37-54(42)51)46-23-14-24-47(36-46)49-38-57(44-20-8-3-9-21-44)62-58(39-49)45-32-34-50(35-33-45)63-59-28-12-10-25-52(59)53-26-11-13-29-60(53)63/h1-40,61H/b55-40-,61-56?. The van der Waals surface area contributed by atoms with Crippen LogP contribution < -0.4 is 0 Å². The van der Waals surface area contributed by atoms with Gasteiger partial charge in [0.05, 0.1) is 28.1 Å². The van der Waals surface area contributed by atoms with Crippen molar-refractivity contribution in [1.82, 2.24) is 9.55 Å². The van der Waals surface area contributed by atoms with Crippen molar-refractivity contribution in [3.63, 3.8) is 0 Å². The molecule has 11 rings (SSSR count). The van der Waals surface area contributed by atoms with E-state index in [1.165, 1.54) is 21.8 Å². The maximum atomic E-state index is 9.10. The third kappa shape index (κ3) is 7.22. The van der Waals surface area contributed by atoms with E-state index < -0.39 is 0 Å². The molecule has 2 heterocycles. The van der Waals surface area contributed by atoms with Crippen LogP contribution in [0.5, 0.6) is 0 Å². The summed E-state index contributed by atoms with van der Waals surface area (Å²) in [6, 6.07) is 83.3. The molecule has 0 amide bonds. The summed E-state index contributed by atoms with van der Waals surface area (Å²) in [7, 11) is 0. The Hall–Kier alpha value is -8.40. The van der Waals surface area contributed by atoms with Gasteiger partial charge < -0.3 is 9.98 Å². The summed E-state index contributed by atoms with van der Waals surface area (Å²) in [4.78, 5) is 5.27. The van der Waals surface area contributed by atoms with Crippen LogP contribution >= 0.6 is 0 Å². The first-order valence-corrected chi connectivity index (χ1v) is 21.4. The third-order valence-corrected chi connectivity index (χ3v) is 12.1. The number of nitrogens with one attached hydrogen (secondary N) is 1. The number of aromatic nitrogens is 2. The average Bonchev–Trinajstić information content (AvgIpc) is 3.70. The number of rotatable bonds is 9. The number of allylic oxidation sites excluding steroid dienone is 1. The van der Waals surface area contributed by atoms with Crippen LogP contribution in [-0.2, 0) is 0 Å². The Morgan fingerprint density at radius 3 is 1.56 bits per heavy atom. The highest BCUT2D eigenvalue weighted by atomic mass is 15.0. The van der Waals surface area contributed by atoms with E-state index in [-0.39, 0.29) is 0 Å². The number of benzene rings is 9. The Kier molecular flexibility index (Phi) is 9.68. The lowest BCUT2D eigenvalue weighted by Crippen LogP contribution is -1.98. The van der Waals surface area contributed by atoms with E-state index >= 15 is 0 Å². The normalized spacial score (nSPS) is 11.7. The van der Waals surface area contributed by atoms with Crippen LogP contribution in [0.4, 0.5) is 0 Å². The minimum absolute atomic E-state index is 0.473. The number of hydrogen-bond acceptors (Lipinski definition) is 2. The van der Waals surface area contributed by atoms with Crippen LogP contribution in [0, 0.1) is 5.41 Å². The minimum Gasteiger partial charge on any atom is -0.309 e. The molecular formula is C60H41N3. The molecule has 11 aromatic rings. The first-order valence-electron chi connectivity index (χ1n) is 21.4. The summed E-state index contributed by atoms with van der Waals surface area (Å²) in [6.07, 6.45) is 2.01. The van der Waals surface area contributed by atoms with Crippen molar-refractivity contribution in [2.75, 3.05) is 0 Å². The van der Waals surface area contributed by atoms with Crippen LogP contribution in [0.25, 0.3) is 88.6 Å². The summed E-state index contributed by atoms with van der Waals surface area (Å²) < 4.78 is 2.35. The van der Waals surface area contributed by atoms with Crippen LogP contribution in [0.15, 0.2) is 243 Å². The topological polar surface area (TPSA) is 41.7 Å². The smallest absolute Gasteiger partial charge is 0.0715 e. The molecule has 2 aromatic heterocycles. The van der Waals surface area contributed by atoms with Gasteiger partial charge in [-0.1, -0.05) is 188 Å². The Morgan fingerprint density at radius 2 is 0.889 bits per heavy atom. The summed E-state index contributed by atoms with van der Waals surface area (Å²) in [6.45, 7) is 0. The first-order chi connectivity index (χ1) is 31.1. The van der Waals surface area contributed by atoms with Gasteiger partial charge in [-0.15, -0.1) is 0 Å². The van der Waals surface area contributed by atoms with Gasteiger partial charge in [-0.3, -0.25) is 0 Å². The lowest BCUT2D eigenvalue weighted by atomic mass is 9.89. The molecule has 3 heteroatoms.